The normalized spacial score (nSPS) is 43.5. The van der Waals surface area contributed by atoms with Gasteiger partial charge in [0.25, 0.3) is 0 Å². The van der Waals surface area contributed by atoms with Crippen LogP contribution in [0.3, 0.4) is 0 Å². The Bertz CT molecular complexity index is 762. The number of hydrogen-bond donors (Lipinski definition) is 13. The lowest BCUT2D eigenvalue weighted by Gasteiger charge is -2.51. The van der Waals surface area contributed by atoms with Gasteiger partial charge in [0.15, 0.2) is 6.29 Å². The molecule has 1 aliphatic carbocycles. The van der Waals surface area contributed by atoms with Crippen LogP contribution in [0.25, 0.3) is 0 Å². The van der Waals surface area contributed by atoms with E-state index in [1.165, 1.54) is 0 Å². The number of aliphatic hydroxyl groups is 6. The first-order chi connectivity index (χ1) is 19.6. The van der Waals surface area contributed by atoms with E-state index in [-0.39, 0.29) is 38.3 Å². The number of ether oxygens (including phenoxy) is 3. The molecular weight excluding hydrogens is 542 g/mol. The van der Waals surface area contributed by atoms with Crippen LogP contribution in [0.1, 0.15) is 25.7 Å². The van der Waals surface area contributed by atoms with Gasteiger partial charge in [0.2, 0.25) is 0 Å². The summed E-state index contributed by atoms with van der Waals surface area (Å²) >= 11 is 0. The number of hydrogen-bond acceptors (Lipinski definition) is 16. The highest BCUT2D eigenvalue weighted by Gasteiger charge is 2.53. The van der Waals surface area contributed by atoms with E-state index in [1.807, 2.05) is 0 Å². The van der Waals surface area contributed by atoms with E-state index in [9.17, 15) is 30.6 Å². The van der Waals surface area contributed by atoms with Gasteiger partial charge in [-0.25, -0.2) is 0 Å². The molecule has 0 amide bonds. The van der Waals surface area contributed by atoms with Gasteiger partial charge in [-0.1, -0.05) is 0 Å². The fourth-order valence-corrected chi connectivity index (χ4v) is 6.11. The van der Waals surface area contributed by atoms with Gasteiger partial charge in [0.05, 0.1) is 43.2 Å². The van der Waals surface area contributed by atoms with Crippen molar-refractivity contribution in [2.24, 2.45) is 34.6 Å². The van der Waals surface area contributed by atoms with Crippen LogP contribution in [0.15, 0.2) is 0 Å². The average molecular weight is 596 g/mol. The van der Waals surface area contributed by atoms with Crippen molar-refractivity contribution in [3.8, 4) is 0 Å². The summed E-state index contributed by atoms with van der Waals surface area (Å²) in [6, 6.07) is -2.62. The van der Waals surface area contributed by atoms with E-state index >= 15 is 0 Å². The van der Waals surface area contributed by atoms with Gasteiger partial charge in [0.1, 0.15) is 24.4 Å². The smallest absolute Gasteiger partial charge is 0.186 e. The van der Waals surface area contributed by atoms with Crippen molar-refractivity contribution >= 4 is 0 Å². The van der Waals surface area contributed by atoms with E-state index in [0.717, 1.165) is 0 Å². The van der Waals surface area contributed by atoms with Crippen LogP contribution in [0.4, 0.5) is 0 Å². The molecule has 3 fully saturated rings. The predicted octanol–water partition coefficient (Wildman–Crippen LogP) is -6.70. The van der Waals surface area contributed by atoms with E-state index in [0.29, 0.717) is 32.2 Å². The van der Waals surface area contributed by atoms with Crippen LogP contribution in [-0.4, -0.2) is 155 Å². The highest BCUT2D eigenvalue weighted by molar-refractivity contribution is 5.06. The molecule has 16 nitrogen and oxygen atoms in total. The highest BCUT2D eigenvalue weighted by Crippen LogP contribution is 2.37. The third-order valence-corrected chi connectivity index (χ3v) is 8.57. The number of nitrogens with one attached hydrogen (secondary N) is 2. The first-order valence-corrected chi connectivity index (χ1v) is 14.6. The monoisotopic (exact) mass is 595 g/mol. The zero-order chi connectivity index (χ0) is 30.3. The average Bonchev–Trinajstić information content (AvgIpc) is 2.96. The van der Waals surface area contributed by atoms with Crippen molar-refractivity contribution in [3.05, 3.63) is 0 Å². The maximum atomic E-state index is 11.8. The van der Waals surface area contributed by atoms with Crippen molar-refractivity contribution in [2.75, 3.05) is 39.3 Å². The van der Waals surface area contributed by atoms with Crippen LogP contribution in [0.2, 0.25) is 0 Å². The molecule has 2 aliphatic heterocycles. The minimum Gasteiger partial charge on any atom is -0.394 e. The molecule has 18 N–H and O–H groups in total. The van der Waals surface area contributed by atoms with Gasteiger partial charge in [-0.3, -0.25) is 0 Å². The second-order valence-electron chi connectivity index (χ2n) is 11.5. The topological polar surface area (TPSA) is 303 Å². The van der Waals surface area contributed by atoms with Gasteiger partial charge < -0.3 is 84.2 Å². The molecule has 16 heteroatoms. The molecule has 3 aliphatic rings. The minimum absolute atomic E-state index is 0.0115. The summed E-state index contributed by atoms with van der Waals surface area (Å²) < 4.78 is 18.2. The van der Waals surface area contributed by atoms with Crippen LogP contribution in [0.5, 0.6) is 0 Å². The fourth-order valence-electron chi connectivity index (χ4n) is 6.11. The summed E-state index contributed by atoms with van der Waals surface area (Å²) in [5.74, 6) is -0.662. The lowest BCUT2D eigenvalue weighted by Crippen LogP contribution is -2.69. The minimum atomic E-state index is -1.46. The largest absolute Gasteiger partial charge is 0.394 e. The standard InChI is InChI=1S/C25H53N7O9/c26-4-3-11(34)8-31-15-2-1-13(7-28)39-23(15)18-14(29)5-16(32-9-12(35)6-27)24(21(18)37)41-25-22(38)19(30)20(36)17(10-33)40-25/h11-25,31-38H,1-10,26-30H2. The predicted molar refractivity (Wildman–Crippen MR) is 148 cm³/mol. The maximum Gasteiger partial charge on any atom is 0.186 e. The Morgan fingerprint density at radius 1 is 0.878 bits per heavy atom. The first kappa shape index (κ1) is 34.8. The third-order valence-electron chi connectivity index (χ3n) is 8.57. The second kappa shape index (κ2) is 16.4. The Balaban J connectivity index is 1.86. The van der Waals surface area contributed by atoms with E-state index in [1.54, 1.807) is 0 Å². The second-order valence-corrected chi connectivity index (χ2v) is 11.5. The summed E-state index contributed by atoms with van der Waals surface area (Å²) in [6.07, 6.45) is -7.86. The van der Waals surface area contributed by atoms with E-state index in [2.05, 4.69) is 10.6 Å². The van der Waals surface area contributed by atoms with Crippen LogP contribution < -0.4 is 39.3 Å². The Morgan fingerprint density at radius 2 is 1.56 bits per heavy atom. The lowest BCUT2D eigenvalue weighted by molar-refractivity contribution is -0.306. The molecule has 0 aromatic heterocycles. The molecule has 0 bridgehead atoms. The summed E-state index contributed by atoms with van der Waals surface area (Å²) in [4.78, 5) is 0. The van der Waals surface area contributed by atoms with Crippen LogP contribution in [-0.2, 0) is 14.2 Å². The maximum absolute atomic E-state index is 11.8. The fraction of sp³-hybridized carbons (Fsp3) is 1.00. The molecule has 3 rings (SSSR count). The molecule has 0 spiro atoms. The summed E-state index contributed by atoms with van der Waals surface area (Å²) in [7, 11) is 0. The quantitative estimate of drug-likeness (QED) is 0.0887. The first-order valence-electron chi connectivity index (χ1n) is 14.6. The Hall–Kier alpha value is -0.640. The molecule has 242 valence electrons. The van der Waals surface area contributed by atoms with E-state index < -0.39 is 85.8 Å². The van der Waals surface area contributed by atoms with Crippen molar-refractivity contribution < 1.29 is 44.8 Å². The highest BCUT2D eigenvalue weighted by atomic mass is 16.7. The molecule has 0 aromatic carbocycles. The summed E-state index contributed by atoms with van der Waals surface area (Å²) in [6.45, 7) is 0.440. The van der Waals surface area contributed by atoms with Crippen LogP contribution >= 0.6 is 0 Å². The Labute approximate surface area is 240 Å². The third kappa shape index (κ3) is 8.72. The number of rotatable bonds is 14. The Morgan fingerprint density at radius 3 is 2.20 bits per heavy atom. The van der Waals surface area contributed by atoms with E-state index in [4.69, 9.17) is 42.9 Å². The molecule has 2 saturated heterocycles. The number of nitrogens with two attached hydrogens (primary N) is 5. The Kier molecular flexibility index (Phi) is 14.0. The molecule has 0 radical (unpaired) electrons. The number of aliphatic hydroxyl groups excluding tert-OH is 6. The zero-order valence-electron chi connectivity index (χ0n) is 23.5. The molecule has 15 unspecified atom stereocenters. The summed E-state index contributed by atoms with van der Waals surface area (Å²) in [5.41, 5.74) is 29.7. The van der Waals surface area contributed by atoms with Crippen molar-refractivity contribution in [1.29, 1.82) is 0 Å². The molecule has 0 aromatic rings. The molecule has 15 atom stereocenters. The SMILES string of the molecule is NCCC(O)CNC1CCC(CN)OC1C1C(N)CC(NCC(O)CN)C(OC2OC(CO)C(O)C(N)C2O)C1O. The van der Waals surface area contributed by atoms with Gasteiger partial charge in [-0.2, -0.15) is 0 Å². The van der Waals surface area contributed by atoms with Gasteiger partial charge in [0, 0.05) is 50.2 Å². The van der Waals surface area contributed by atoms with Crippen molar-refractivity contribution in [1.82, 2.24) is 10.6 Å². The molecule has 2 heterocycles. The summed E-state index contributed by atoms with van der Waals surface area (Å²) in [5, 5.41) is 69.3. The van der Waals surface area contributed by atoms with Gasteiger partial charge in [-0.15, -0.1) is 0 Å². The van der Waals surface area contributed by atoms with Crippen LogP contribution in [0, 0.1) is 5.92 Å². The molecular formula is C25H53N7O9. The molecule has 1 saturated carbocycles. The van der Waals surface area contributed by atoms with Crippen molar-refractivity contribution in [3.63, 3.8) is 0 Å². The van der Waals surface area contributed by atoms with Gasteiger partial charge >= 0.3 is 0 Å². The van der Waals surface area contributed by atoms with Gasteiger partial charge in [-0.05, 0) is 32.2 Å². The lowest BCUT2D eigenvalue weighted by atomic mass is 9.72. The zero-order valence-corrected chi connectivity index (χ0v) is 23.5. The van der Waals surface area contributed by atoms with Crippen molar-refractivity contribution in [2.45, 2.75) is 111 Å². The molecule has 41 heavy (non-hydrogen) atoms.